The van der Waals surface area contributed by atoms with Gasteiger partial charge in [-0.1, -0.05) is 17.5 Å². The number of ether oxygens (including phenoxy) is 2. The molecule has 1 spiro atoms. The number of nitrogens with zero attached hydrogens (tertiary/aromatic N) is 6. The third kappa shape index (κ3) is 3.97. The van der Waals surface area contributed by atoms with Gasteiger partial charge >= 0.3 is 0 Å². The molecule has 0 N–H and O–H groups in total. The molecule has 10 heteroatoms. The van der Waals surface area contributed by atoms with Crippen molar-refractivity contribution in [3.8, 4) is 29.8 Å². The Morgan fingerprint density at radius 2 is 2.02 bits per heavy atom. The number of rotatable bonds is 5. The third-order valence-electron chi connectivity index (χ3n) is 9.54. The van der Waals surface area contributed by atoms with E-state index >= 15 is 0 Å². The van der Waals surface area contributed by atoms with Crippen molar-refractivity contribution in [3.05, 3.63) is 17.0 Å². The first-order valence-electron chi connectivity index (χ1n) is 14.7. The van der Waals surface area contributed by atoms with E-state index in [4.69, 9.17) is 35.5 Å². The fourth-order valence-electron chi connectivity index (χ4n) is 7.37. The lowest BCUT2D eigenvalue weighted by Gasteiger charge is -2.37. The molecule has 210 valence electrons. The number of carbonyl (C=O) groups excluding carboxylic acids is 1. The summed E-state index contributed by atoms with van der Waals surface area (Å²) in [6.45, 7) is 4.20. The van der Waals surface area contributed by atoms with Crippen LogP contribution in [0.4, 0.5) is 0 Å². The van der Waals surface area contributed by atoms with Crippen LogP contribution in [-0.2, 0) is 21.4 Å². The zero-order chi connectivity index (χ0) is 27.4. The van der Waals surface area contributed by atoms with Crippen LogP contribution in [-0.4, -0.2) is 74.5 Å². The minimum atomic E-state index is -0.543. The van der Waals surface area contributed by atoms with Crippen molar-refractivity contribution in [2.75, 3.05) is 26.8 Å². The maximum Gasteiger partial charge on any atom is 0.230 e. The maximum atomic E-state index is 13.2. The molecular formula is C30H36N6O4. The second-order valence-corrected chi connectivity index (χ2v) is 11.9. The highest BCUT2D eigenvalue weighted by Gasteiger charge is 2.48. The molecule has 0 unspecified atom stereocenters. The van der Waals surface area contributed by atoms with Gasteiger partial charge in [0.15, 0.2) is 11.8 Å². The van der Waals surface area contributed by atoms with Gasteiger partial charge < -0.3 is 14.0 Å². The van der Waals surface area contributed by atoms with Crippen molar-refractivity contribution >= 4 is 16.8 Å². The number of fused-ring (bicyclic) bond motifs is 3. The van der Waals surface area contributed by atoms with Crippen molar-refractivity contribution in [2.24, 2.45) is 0 Å². The molecule has 10 nitrogen and oxygen atoms in total. The van der Waals surface area contributed by atoms with Gasteiger partial charge in [0.1, 0.15) is 16.9 Å². The summed E-state index contributed by atoms with van der Waals surface area (Å²) in [6, 6.07) is 0.176. The van der Waals surface area contributed by atoms with Gasteiger partial charge in [-0.25, -0.2) is 9.67 Å². The van der Waals surface area contributed by atoms with Crippen molar-refractivity contribution in [1.29, 1.82) is 0 Å². The molecule has 40 heavy (non-hydrogen) atoms. The van der Waals surface area contributed by atoms with E-state index in [1.807, 2.05) is 11.6 Å². The van der Waals surface area contributed by atoms with Crippen LogP contribution in [0.25, 0.3) is 22.6 Å². The average molecular weight is 545 g/mol. The van der Waals surface area contributed by atoms with Gasteiger partial charge in [0.05, 0.1) is 29.8 Å². The number of terminal acetylenes is 1. The highest BCUT2D eigenvalue weighted by Crippen LogP contribution is 2.47. The summed E-state index contributed by atoms with van der Waals surface area (Å²) in [5.74, 6) is 4.48. The standard InChI is InChI=1S/C30H36N6O4/c1-4-22(21-10-8-15-35(21)3)39-29-24-18(2)33-36(19-12-16-38-17-19)28(24)31-27(32-29)25-20-9-7-14-30(26(20)34-40-25)13-6-5-11-23(30)37/h1,19,21-22H,5-17H2,2-3H3/t19-,21+,22+,30-/m1/s1. The van der Waals surface area contributed by atoms with E-state index in [0.29, 0.717) is 42.7 Å². The Hall–Kier alpha value is -3.29. The van der Waals surface area contributed by atoms with E-state index in [1.165, 1.54) is 0 Å². The second kappa shape index (κ2) is 9.96. The lowest BCUT2D eigenvalue weighted by atomic mass is 9.64. The SMILES string of the molecule is C#C[C@H](Oc1nc(-c2onc3c2CCC[C@@]32CCCCC2=O)nc2c1c(C)nn2[C@@H]1CCOC1)[C@@H]1CCCN1C. The zero-order valence-electron chi connectivity index (χ0n) is 23.3. The summed E-state index contributed by atoms with van der Waals surface area (Å²) >= 11 is 0. The van der Waals surface area contributed by atoms with Crippen LogP contribution in [0, 0.1) is 19.3 Å². The number of likely N-dealkylation sites (N-methyl/N-ethyl adjacent to an activating group) is 1. The van der Waals surface area contributed by atoms with Crippen molar-refractivity contribution in [3.63, 3.8) is 0 Å². The topological polar surface area (TPSA) is 108 Å². The van der Waals surface area contributed by atoms with Gasteiger partial charge in [-0.2, -0.15) is 10.1 Å². The number of Topliss-reactive ketones (excluding diaryl/α,β-unsaturated/α-hetero) is 1. The van der Waals surface area contributed by atoms with Crippen LogP contribution in [0.15, 0.2) is 4.52 Å². The quantitative estimate of drug-likeness (QED) is 0.441. The molecule has 3 fully saturated rings. The predicted octanol–water partition coefficient (Wildman–Crippen LogP) is 3.94. The predicted molar refractivity (Wildman–Crippen MR) is 147 cm³/mol. The number of hydrogen-bond donors (Lipinski definition) is 0. The number of aromatic nitrogens is 5. The minimum Gasteiger partial charge on any atom is -0.459 e. The van der Waals surface area contributed by atoms with E-state index in [1.54, 1.807) is 0 Å². The van der Waals surface area contributed by atoms with Crippen LogP contribution >= 0.6 is 0 Å². The molecule has 2 saturated heterocycles. The molecule has 2 aliphatic heterocycles. The van der Waals surface area contributed by atoms with Gasteiger partial charge in [0.2, 0.25) is 17.5 Å². The van der Waals surface area contributed by atoms with Crippen molar-refractivity contribution in [1.82, 2.24) is 29.8 Å². The molecule has 2 aliphatic carbocycles. The summed E-state index contributed by atoms with van der Waals surface area (Å²) in [5.41, 5.74) is 2.65. The van der Waals surface area contributed by atoms with E-state index in [9.17, 15) is 4.79 Å². The second-order valence-electron chi connectivity index (χ2n) is 11.9. The Balaban J connectivity index is 1.37. The normalized spacial score (nSPS) is 27.8. The van der Waals surface area contributed by atoms with Crippen LogP contribution in [0.5, 0.6) is 5.88 Å². The van der Waals surface area contributed by atoms with Crippen LogP contribution in [0.3, 0.4) is 0 Å². The first kappa shape index (κ1) is 25.7. The summed E-state index contributed by atoms with van der Waals surface area (Å²) in [6.07, 6.45) is 14.4. The van der Waals surface area contributed by atoms with Crippen molar-refractivity contribution < 1.29 is 18.8 Å². The average Bonchev–Trinajstić information content (AvgIpc) is 3.76. The molecule has 0 amide bonds. The Morgan fingerprint density at radius 1 is 1.15 bits per heavy atom. The summed E-state index contributed by atoms with van der Waals surface area (Å²) in [4.78, 5) is 25.4. The summed E-state index contributed by atoms with van der Waals surface area (Å²) in [7, 11) is 2.08. The molecule has 4 aliphatic rings. The largest absolute Gasteiger partial charge is 0.459 e. The molecule has 3 aromatic rings. The molecule has 7 rings (SSSR count). The lowest BCUT2D eigenvalue weighted by molar-refractivity contribution is -0.127. The minimum absolute atomic E-state index is 0.0722. The fourth-order valence-corrected chi connectivity index (χ4v) is 7.37. The Bertz CT molecular complexity index is 1500. The molecule has 5 heterocycles. The summed E-state index contributed by atoms with van der Waals surface area (Å²) < 4.78 is 20.2. The van der Waals surface area contributed by atoms with Gasteiger partial charge in [0.25, 0.3) is 0 Å². The van der Waals surface area contributed by atoms with Gasteiger partial charge in [0, 0.05) is 18.6 Å². The first-order valence-corrected chi connectivity index (χ1v) is 14.7. The van der Waals surface area contributed by atoms with Crippen LogP contribution in [0.2, 0.25) is 0 Å². The molecule has 0 aromatic carbocycles. The smallest absolute Gasteiger partial charge is 0.230 e. The molecule has 0 bridgehead atoms. The number of hydrogen-bond acceptors (Lipinski definition) is 9. The third-order valence-corrected chi connectivity index (χ3v) is 9.54. The number of ketones is 1. The lowest BCUT2D eigenvalue weighted by Crippen LogP contribution is -2.41. The molecule has 3 aromatic heterocycles. The van der Waals surface area contributed by atoms with Gasteiger partial charge in [-0.3, -0.25) is 9.69 Å². The highest BCUT2D eigenvalue weighted by atomic mass is 16.5. The monoisotopic (exact) mass is 544 g/mol. The highest BCUT2D eigenvalue weighted by molar-refractivity contribution is 5.91. The van der Waals surface area contributed by atoms with Gasteiger partial charge in [-0.15, -0.1) is 6.42 Å². The Morgan fingerprint density at radius 3 is 2.77 bits per heavy atom. The molecule has 0 radical (unpaired) electrons. The van der Waals surface area contributed by atoms with Crippen LogP contribution < -0.4 is 4.74 Å². The fraction of sp³-hybridized carbons (Fsp3) is 0.633. The molecule has 1 saturated carbocycles. The van der Waals surface area contributed by atoms with Gasteiger partial charge in [-0.05, 0) is 71.9 Å². The molecular weight excluding hydrogens is 508 g/mol. The molecule has 4 atom stereocenters. The number of carbonyl (C=O) groups is 1. The van der Waals surface area contributed by atoms with E-state index < -0.39 is 11.5 Å². The van der Waals surface area contributed by atoms with Crippen molar-refractivity contribution in [2.45, 2.75) is 94.7 Å². The van der Waals surface area contributed by atoms with Crippen LogP contribution in [0.1, 0.15) is 80.8 Å². The summed E-state index contributed by atoms with van der Waals surface area (Å²) in [5, 5.41) is 10.1. The number of likely N-dealkylation sites (tertiary alicyclic amines) is 1. The number of aryl methyl sites for hydroxylation is 1. The van der Waals surface area contributed by atoms with E-state index in [0.717, 1.165) is 86.7 Å². The van der Waals surface area contributed by atoms with E-state index in [-0.39, 0.29) is 17.9 Å². The Labute approximate surface area is 233 Å². The van der Waals surface area contributed by atoms with E-state index in [2.05, 4.69) is 23.0 Å². The Kier molecular flexibility index (Phi) is 6.39. The first-order chi connectivity index (χ1) is 19.5. The zero-order valence-corrected chi connectivity index (χ0v) is 23.3. The maximum absolute atomic E-state index is 13.2.